The van der Waals surface area contributed by atoms with Crippen molar-refractivity contribution in [1.82, 2.24) is 15.4 Å². The van der Waals surface area contributed by atoms with Crippen LogP contribution in [-0.4, -0.2) is 35.7 Å². The number of hydrogen-bond donors (Lipinski definition) is 1. The Bertz CT molecular complexity index is 523. The van der Waals surface area contributed by atoms with Crippen molar-refractivity contribution in [2.75, 3.05) is 19.6 Å². The minimum absolute atomic E-state index is 0.547. The Morgan fingerprint density at radius 3 is 3.00 bits per heavy atom. The molecule has 2 heterocycles. The van der Waals surface area contributed by atoms with Gasteiger partial charge in [-0.25, -0.2) is 0 Å². The van der Waals surface area contributed by atoms with E-state index in [1.54, 1.807) is 0 Å². The van der Waals surface area contributed by atoms with Gasteiger partial charge in [-0.15, -0.1) is 0 Å². The van der Waals surface area contributed by atoms with Gasteiger partial charge in [0.15, 0.2) is 5.76 Å². The quantitative estimate of drug-likeness (QED) is 0.914. The molecule has 100 valence electrons. The zero-order valence-electron chi connectivity index (χ0n) is 11.2. The highest BCUT2D eigenvalue weighted by atomic mass is 16.5. The predicted octanol–water partition coefficient (Wildman–Crippen LogP) is 2.14. The van der Waals surface area contributed by atoms with Crippen molar-refractivity contribution >= 4 is 0 Å². The first-order valence-corrected chi connectivity index (χ1v) is 6.79. The van der Waals surface area contributed by atoms with Crippen LogP contribution >= 0.6 is 0 Å². The number of hydrogen-bond acceptors (Lipinski definition) is 4. The van der Waals surface area contributed by atoms with Crippen molar-refractivity contribution < 1.29 is 4.52 Å². The molecule has 4 heteroatoms. The number of piperazine rings is 1. The van der Waals surface area contributed by atoms with Gasteiger partial charge in [-0.05, 0) is 6.92 Å². The summed E-state index contributed by atoms with van der Waals surface area (Å²) in [7, 11) is 0. The van der Waals surface area contributed by atoms with E-state index >= 15 is 0 Å². The Labute approximate surface area is 113 Å². The fourth-order valence-corrected chi connectivity index (χ4v) is 2.45. The molecular formula is C15H19N3O. The van der Waals surface area contributed by atoms with Gasteiger partial charge in [0.2, 0.25) is 0 Å². The molecule has 1 N–H and O–H groups in total. The molecule has 1 aliphatic heterocycles. The van der Waals surface area contributed by atoms with E-state index in [4.69, 9.17) is 4.52 Å². The van der Waals surface area contributed by atoms with E-state index < -0.39 is 0 Å². The zero-order valence-corrected chi connectivity index (χ0v) is 11.2. The summed E-state index contributed by atoms with van der Waals surface area (Å²) < 4.78 is 5.44. The van der Waals surface area contributed by atoms with Crippen molar-refractivity contribution in [3.05, 3.63) is 42.1 Å². The van der Waals surface area contributed by atoms with Crippen LogP contribution in [0.1, 0.15) is 12.6 Å². The summed E-state index contributed by atoms with van der Waals surface area (Å²) in [5.74, 6) is 0.846. The van der Waals surface area contributed by atoms with E-state index in [1.807, 2.05) is 36.4 Å². The minimum atomic E-state index is 0.547. The lowest BCUT2D eigenvalue weighted by Crippen LogP contribution is -2.49. The Morgan fingerprint density at radius 2 is 2.21 bits per heavy atom. The maximum atomic E-state index is 5.44. The first-order valence-electron chi connectivity index (χ1n) is 6.79. The first-order chi connectivity index (χ1) is 9.33. The van der Waals surface area contributed by atoms with Gasteiger partial charge in [0.25, 0.3) is 0 Å². The van der Waals surface area contributed by atoms with Crippen LogP contribution in [0, 0.1) is 0 Å². The molecule has 1 aromatic heterocycles. The van der Waals surface area contributed by atoms with Gasteiger partial charge < -0.3 is 9.84 Å². The Balaban J connectivity index is 1.71. The van der Waals surface area contributed by atoms with Crippen molar-refractivity contribution in [1.29, 1.82) is 0 Å². The lowest BCUT2D eigenvalue weighted by atomic mass is 10.1. The van der Waals surface area contributed by atoms with Gasteiger partial charge in [0.1, 0.15) is 0 Å². The van der Waals surface area contributed by atoms with Gasteiger partial charge in [0, 0.05) is 43.9 Å². The van der Waals surface area contributed by atoms with E-state index in [0.717, 1.165) is 43.2 Å². The van der Waals surface area contributed by atoms with Crippen molar-refractivity contribution in [3.63, 3.8) is 0 Å². The smallest absolute Gasteiger partial charge is 0.167 e. The molecular weight excluding hydrogens is 238 g/mol. The average Bonchev–Trinajstić information content (AvgIpc) is 2.91. The van der Waals surface area contributed by atoms with E-state index in [9.17, 15) is 0 Å². The molecule has 0 bridgehead atoms. The van der Waals surface area contributed by atoms with E-state index in [1.165, 1.54) is 0 Å². The van der Waals surface area contributed by atoms with Crippen molar-refractivity contribution in [3.8, 4) is 11.3 Å². The maximum absolute atomic E-state index is 5.44. The summed E-state index contributed by atoms with van der Waals surface area (Å²) in [5.41, 5.74) is 2.09. The summed E-state index contributed by atoms with van der Waals surface area (Å²) in [6, 6.07) is 12.7. The monoisotopic (exact) mass is 257 g/mol. The molecule has 2 aromatic rings. The molecule has 1 aromatic carbocycles. The first kappa shape index (κ1) is 12.4. The van der Waals surface area contributed by atoms with E-state index in [2.05, 4.69) is 22.3 Å². The fourth-order valence-electron chi connectivity index (χ4n) is 2.45. The molecule has 0 radical (unpaired) electrons. The highest BCUT2D eigenvalue weighted by Gasteiger charge is 2.19. The van der Waals surface area contributed by atoms with Crippen LogP contribution in [-0.2, 0) is 6.54 Å². The SMILES string of the molecule is CC1CNCCN1Cc1cc(-c2ccccc2)on1. The second-order valence-electron chi connectivity index (χ2n) is 5.07. The standard InChI is InChI=1S/C15H19N3O/c1-12-10-16-7-8-18(12)11-14-9-15(19-17-14)13-5-3-2-4-6-13/h2-6,9,12,16H,7-8,10-11H2,1H3. The molecule has 1 saturated heterocycles. The lowest BCUT2D eigenvalue weighted by Gasteiger charge is -2.33. The second-order valence-corrected chi connectivity index (χ2v) is 5.07. The molecule has 4 nitrogen and oxygen atoms in total. The Morgan fingerprint density at radius 1 is 1.37 bits per heavy atom. The molecule has 3 rings (SSSR count). The van der Waals surface area contributed by atoms with Crippen molar-refractivity contribution in [2.24, 2.45) is 0 Å². The van der Waals surface area contributed by atoms with Crippen molar-refractivity contribution in [2.45, 2.75) is 19.5 Å². The van der Waals surface area contributed by atoms with Crippen LogP contribution in [0.3, 0.4) is 0 Å². The number of rotatable bonds is 3. The topological polar surface area (TPSA) is 41.3 Å². The van der Waals surface area contributed by atoms with Gasteiger partial charge in [0.05, 0.1) is 5.69 Å². The molecule has 0 saturated carbocycles. The third kappa shape index (κ3) is 2.85. The average molecular weight is 257 g/mol. The van der Waals surface area contributed by atoms with Gasteiger partial charge in [-0.3, -0.25) is 4.90 Å². The van der Waals surface area contributed by atoms with E-state index in [0.29, 0.717) is 6.04 Å². The summed E-state index contributed by atoms with van der Waals surface area (Å²) >= 11 is 0. The normalized spacial score (nSPS) is 20.6. The third-order valence-electron chi connectivity index (χ3n) is 3.62. The van der Waals surface area contributed by atoms with E-state index in [-0.39, 0.29) is 0 Å². The molecule has 0 amide bonds. The highest BCUT2D eigenvalue weighted by Crippen LogP contribution is 2.20. The van der Waals surface area contributed by atoms with Gasteiger partial charge in [-0.1, -0.05) is 35.5 Å². The Kier molecular flexibility index (Phi) is 3.62. The lowest BCUT2D eigenvalue weighted by molar-refractivity contribution is 0.161. The van der Waals surface area contributed by atoms with Crippen LogP contribution < -0.4 is 5.32 Å². The molecule has 0 aliphatic carbocycles. The summed E-state index contributed by atoms with van der Waals surface area (Å²) in [6.07, 6.45) is 0. The highest BCUT2D eigenvalue weighted by molar-refractivity contribution is 5.56. The molecule has 1 fully saturated rings. The summed E-state index contributed by atoms with van der Waals surface area (Å²) in [5, 5.41) is 7.58. The number of aromatic nitrogens is 1. The number of nitrogens with zero attached hydrogens (tertiary/aromatic N) is 2. The van der Waals surface area contributed by atoms with Crippen LogP contribution in [0.25, 0.3) is 11.3 Å². The molecule has 0 spiro atoms. The number of benzene rings is 1. The number of nitrogens with one attached hydrogen (secondary N) is 1. The molecule has 19 heavy (non-hydrogen) atoms. The maximum Gasteiger partial charge on any atom is 0.167 e. The zero-order chi connectivity index (χ0) is 13.1. The minimum Gasteiger partial charge on any atom is -0.356 e. The second kappa shape index (κ2) is 5.55. The predicted molar refractivity (Wildman–Crippen MR) is 74.7 cm³/mol. The van der Waals surface area contributed by atoms with Crippen LogP contribution in [0.5, 0.6) is 0 Å². The summed E-state index contributed by atoms with van der Waals surface area (Å²) in [6.45, 7) is 6.26. The molecule has 1 unspecified atom stereocenters. The summed E-state index contributed by atoms with van der Waals surface area (Å²) in [4.78, 5) is 2.43. The molecule has 1 atom stereocenters. The largest absolute Gasteiger partial charge is 0.356 e. The van der Waals surface area contributed by atoms with Crippen LogP contribution in [0.4, 0.5) is 0 Å². The third-order valence-corrected chi connectivity index (χ3v) is 3.62. The van der Waals surface area contributed by atoms with Crippen LogP contribution in [0.2, 0.25) is 0 Å². The van der Waals surface area contributed by atoms with Crippen LogP contribution in [0.15, 0.2) is 40.9 Å². The fraction of sp³-hybridized carbons (Fsp3) is 0.400. The Hall–Kier alpha value is -1.65. The van der Waals surface area contributed by atoms with Gasteiger partial charge in [-0.2, -0.15) is 0 Å². The van der Waals surface area contributed by atoms with Gasteiger partial charge >= 0.3 is 0 Å². The molecule has 1 aliphatic rings.